The number of fused-ring (bicyclic) bond motifs is 1. The molecular formula is C17H28N2S. The van der Waals surface area contributed by atoms with E-state index in [1.54, 1.807) is 0 Å². The van der Waals surface area contributed by atoms with Crippen molar-refractivity contribution >= 4 is 11.3 Å². The number of thiophene rings is 1. The maximum atomic E-state index is 3.63. The Morgan fingerprint density at radius 3 is 2.95 bits per heavy atom. The molecule has 20 heavy (non-hydrogen) atoms. The van der Waals surface area contributed by atoms with Crippen molar-refractivity contribution in [3.05, 3.63) is 22.4 Å². The van der Waals surface area contributed by atoms with E-state index in [9.17, 15) is 0 Å². The third kappa shape index (κ3) is 3.63. The average Bonchev–Trinajstić information content (AvgIpc) is 3.00. The summed E-state index contributed by atoms with van der Waals surface area (Å²) in [5, 5.41) is 5.79. The lowest BCUT2D eigenvalue weighted by Gasteiger charge is -2.43. The number of likely N-dealkylation sites (tertiary alicyclic amines) is 1. The number of hydrogen-bond acceptors (Lipinski definition) is 3. The number of hydrogen-bond donors (Lipinski definition) is 1. The second-order valence-electron chi connectivity index (χ2n) is 6.65. The first-order valence-electron chi connectivity index (χ1n) is 8.30. The van der Waals surface area contributed by atoms with Crippen LogP contribution in [0.2, 0.25) is 0 Å². The molecule has 1 aromatic heterocycles. The highest BCUT2D eigenvalue weighted by Crippen LogP contribution is 2.36. The Balaban J connectivity index is 1.42. The van der Waals surface area contributed by atoms with Crippen LogP contribution in [-0.4, -0.2) is 30.6 Å². The summed E-state index contributed by atoms with van der Waals surface area (Å²) in [6.45, 7) is 7.22. The second kappa shape index (κ2) is 7.06. The quantitative estimate of drug-likeness (QED) is 0.889. The third-order valence-corrected chi connectivity index (χ3v) is 6.14. The molecule has 3 unspecified atom stereocenters. The van der Waals surface area contributed by atoms with Gasteiger partial charge < -0.3 is 5.32 Å². The monoisotopic (exact) mass is 292 g/mol. The highest BCUT2D eigenvalue weighted by molar-refractivity contribution is 7.09. The lowest BCUT2D eigenvalue weighted by molar-refractivity contribution is 0.0617. The van der Waals surface area contributed by atoms with Crippen LogP contribution in [0.5, 0.6) is 0 Å². The largest absolute Gasteiger partial charge is 0.310 e. The van der Waals surface area contributed by atoms with Crippen LogP contribution in [-0.2, 0) is 6.54 Å². The van der Waals surface area contributed by atoms with Gasteiger partial charge in [-0.1, -0.05) is 25.3 Å². The molecule has 3 heteroatoms. The van der Waals surface area contributed by atoms with Crippen molar-refractivity contribution in [1.29, 1.82) is 0 Å². The number of piperidine rings is 1. The summed E-state index contributed by atoms with van der Waals surface area (Å²) in [5.74, 6) is 2.04. The number of nitrogens with zero attached hydrogens (tertiary/aromatic N) is 1. The van der Waals surface area contributed by atoms with Gasteiger partial charge >= 0.3 is 0 Å². The van der Waals surface area contributed by atoms with Crippen LogP contribution in [0.15, 0.2) is 17.5 Å². The molecule has 3 rings (SSSR count). The lowest BCUT2D eigenvalue weighted by Crippen LogP contribution is -2.48. The number of rotatable bonds is 5. The van der Waals surface area contributed by atoms with Gasteiger partial charge in [0.2, 0.25) is 0 Å². The fourth-order valence-corrected chi connectivity index (χ4v) is 4.65. The van der Waals surface area contributed by atoms with E-state index in [-0.39, 0.29) is 0 Å². The molecular weight excluding hydrogens is 264 g/mol. The molecule has 1 aliphatic heterocycles. The highest BCUT2D eigenvalue weighted by atomic mass is 32.1. The second-order valence-corrected chi connectivity index (χ2v) is 7.68. The molecule has 1 saturated heterocycles. The summed E-state index contributed by atoms with van der Waals surface area (Å²) in [5.41, 5.74) is 0. The van der Waals surface area contributed by atoms with Crippen molar-refractivity contribution in [3.8, 4) is 0 Å². The van der Waals surface area contributed by atoms with E-state index in [4.69, 9.17) is 0 Å². The summed E-state index contributed by atoms with van der Waals surface area (Å²) in [7, 11) is 0. The standard InChI is InChI=1S/C17H28N2S/c1-14(11-18-12-17-7-4-10-20-17)19-9-8-15-5-2-3-6-16(15)13-19/h4,7,10,14-16,18H,2-3,5-6,8-9,11-13H2,1H3. The van der Waals surface area contributed by atoms with Crippen molar-refractivity contribution in [2.24, 2.45) is 11.8 Å². The minimum absolute atomic E-state index is 0.679. The van der Waals surface area contributed by atoms with E-state index in [1.165, 1.54) is 50.1 Å². The fraction of sp³-hybridized carbons (Fsp3) is 0.765. The topological polar surface area (TPSA) is 15.3 Å². The Labute approximate surface area is 127 Å². The van der Waals surface area contributed by atoms with E-state index in [0.717, 1.165) is 24.9 Å². The van der Waals surface area contributed by atoms with Gasteiger partial charge in [-0.25, -0.2) is 0 Å². The highest BCUT2D eigenvalue weighted by Gasteiger charge is 2.32. The van der Waals surface area contributed by atoms with Crippen molar-refractivity contribution in [2.45, 2.75) is 51.6 Å². The van der Waals surface area contributed by atoms with Crippen molar-refractivity contribution in [1.82, 2.24) is 10.2 Å². The summed E-state index contributed by atoms with van der Waals surface area (Å²) < 4.78 is 0. The zero-order chi connectivity index (χ0) is 13.8. The Morgan fingerprint density at radius 2 is 2.15 bits per heavy atom. The van der Waals surface area contributed by atoms with Gasteiger partial charge in [-0.15, -0.1) is 11.3 Å². The molecule has 0 spiro atoms. The predicted molar refractivity (Wildman–Crippen MR) is 87.1 cm³/mol. The van der Waals surface area contributed by atoms with Gasteiger partial charge in [0.15, 0.2) is 0 Å². The smallest absolute Gasteiger partial charge is 0.0300 e. The average molecular weight is 292 g/mol. The van der Waals surface area contributed by atoms with Crippen LogP contribution in [0.4, 0.5) is 0 Å². The molecule has 3 atom stereocenters. The third-order valence-electron chi connectivity index (χ3n) is 5.27. The molecule has 1 aromatic rings. The summed E-state index contributed by atoms with van der Waals surface area (Å²) >= 11 is 1.85. The van der Waals surface area contributed by atoms with Gasteiger partial charge in [-0.2, -0.15) is 0 Å². The summed E-state index contributed by atoms with van der Waals surface area (Å²) in [6.07, 6.45) is 7.39. The van der Waals surface area contributed by atoms with E-state index in [0.29, 0.717) is 6.04 Å². The van der Waals surface area contributed by atoms with Crippen molar-refractivity contribution < 1.29 is 0 Å². The van der Waals surface area contributed by atoms with Crippen LogP contribution >= 0.6 is 11.3 Å². The maximum Gasteiger partial charge on any atom is 0.0300 e. The van der Waals surface area contributed by atoms with Crippen LogP contribution in [0.3, 0.4) is 0 Å². The zero-order valence-corrected chi connectivity index (χ0v) is 13.5. The van der Waals surface area contributed by atoms with Crippen molar-refractivity contribution in [3.63, 3.8) is 0 Å². The normalized spacial score (nSPS) is 29.1. The van der Waals surface area contributed by atoms with Gasteiger partial charge in [-0.05, 0) is 49.6 Å². The lowest BCUT2D eigenvalue weighted by atomic mass is 9.75. The first kappa shape index (κ1) is 14.6. The van der Waals surface area contributed by atoms with Gasteiger partial charge in [0.1, 0.15) is 0 Å². The molecule has 2 aliphatic rings. The molecule has 0 radical (unpaired) electrons. The first-order valence-corrected chi connectivity index (χ1v) is 9.18. The van der Waals surface area contributed by atoms with Crippen LogP contribution in [0.1, 0.15) is 43.9 Å². The predicted octanol–water partition coefficient (Wildman–Crippen LogP) is 3.74. The van der Waals surface area contributed by atoms with Gasteiger partial charge in [0, 0.05) is 30.6 Å². The van der Waals surface area contributed by atoms with Gasteiger partial charge in [0.05, 0.1) is 0 Å². The molecule has 0 bridgehead atoms. The minimum atomic E-state index is 0.679. The molecule has 1 aliphatic carbocycles. The fourth-order valence-electron chi connectivity index (χ4n) is 3.98. The molecule has 1 saturated carbocycles. The maximum absolute atomic E-state index is 3.63. The Bertz CT molecular complexity index is 390. The van der Waals surface area contributed by atoms with Crippen LogP contribution < -0.4 is 5.32 Å². The number of nitrogens with one attached hydrogen (secondary N) is 1. The van der Waals surface area contributed by atoms with E-state index in [1.807, 2.05) is 11.3 Å². The molecule has 1 N–H and O–H groups in total. The van der Waals surface area contributed by atoms with E-state index < -0.39 is 0 Å². The summed E-state index contributed by atoms with van der Waals surface area (Å²) in [6, 6.07) is 5.03. The van der Waals surface area contributed by atoms with Crippen LogP contribution in [0, 0.1) is 11.8 Å². The van der Waals surface area contributed by atoms with Crippen molar-refractivity contribution in [2.75, 3.05) is 19.6 Å². The minimum Gasteiger partial charge on any atom is -0.310 e. The molecule has 0 aromatic carbocycles. The van der Waals surface area contributed by atoms with Gasteiger partial charge in [-0.3, -0.25) is 4.90 Å². The van der Waals surface area contributed by atoms with Crippen LogP contribution in [0.25, 0.3) is 0 Å². The zero-order valence-electron chi connectivity index (χ0n) is 12.7. The molecule has 2 nitrogen and oxygen atoms in total. The molecule has 0 amide bonds. The first-order chi connectivity index (χ1) is 9.83. The van der Waals surface area contributed by atoms with Gasteiger partial charge in [0.25, 0.3) is 0 Å². The Kier molecular flexibility index (Phi) is 5.14. The Hall–Kier alpha value is -0.380. The van der Waals surface area contributed by atoms with E-state index >= 15 is 0 Å². The summed E-state index contributed by atoms with van der Waals surface area (Å²) in [4.78, 5) is 4.18. The molecule has 2 heterocycles. The molecule has 112 valence electrons. The SMILES string of the molecule is CC(CNCc1cccs1)N1CCC2CCCCC2C1. The van der Waals surface area contributed by atoms with E-state index in [2.05, 4.69) is 34.7 Å². The Morgan fingerprint density at radius 1 is 1.30 bits per heavy atom. The molecule has 2 fully saturated rings.